The average Bonchev–Trinajstić information content (AvgIpc) is 3.29. The van der Waals surface area contributed by atoms with Gasteiger partial charge in [0.05, 0.1) is 30.6 Å². The van der Waals surface area contributed by atoms with Gasteiger partial charge < -0.3 is 14.0 Å². The predicted octanol–water partition coefficient (Wildman–Crippen LogP) is 5.83. The zero-order valence-corrected chi connectivity index (χ0v) is 20.5. The van der Waals surface area contributed by atoms with E-state index >= 15 is 0 Å². The second-order valence-corrected chi connectivity index (χ2v) is 8.80. The number of carbonyl (C=O) groups is 1. The standard InChI is InChI=1S/C26H24ClN3O3S/c1-32-23-11-7-6-10-20(23)25-28-29-26(30(25)15-14-18-8-4-3-5-9-18)34-17-22(31)19-12-13-24(33-2)21(27)16-19/h3-13,16H,14-15,17H2,1-2H3. The molecular weight excluding hydrogens is 470 g/mol. The van der Waals surface area contributed by atoms with Gasteiger partial charge in [0.1, 0.15) is 11.5 Å². The van der Waals surface area contributed by atoms with Crippen LogP contribution in [0, 0.1) is 0 Å². The molecule has 0 bridgehead atoms. The van der Waals surface area contributed by atoms with Crippen LogP contribution in [0.2, 0.25) is 5.02 Å². The molecule has 0 fully saturated rings. The molecule has 4 aromatic rings. The van der Waals surface area contributed by atoms with E-state index in [0.29, 0.717) is 33.9 Å². The van der Waals surface area contributed by atoms with Gasteiger partial charge in [0.2, 0.25) is 0 Å². The van der Waals surface area contributed by atoms with E-state index in [2.05, 4.69) is 22.3 Å². The van der Waals surface area contributed by atoms with Crippen LogP contribution in [-0.2, 0) is 13.0 Å². The fourth-order valence-electron chi connectivity index (χ4n) is 3.56. The van der Waals surface area contributed by atoms with Gasteiger partial charge in [-0.2, -0.15) is 0 Å². The topological polar surface area (TPSA) is 66.2 Å². The van der Waals surface area contributed by atoms with Crippen LogP contribution in [0.15, 0.2) is 78.0 Å². The molecule has 4 rings (SSSR count). The van der Waals surface area contributed by atoms with Gasteiger partial charge in [0.15, 0.2) is 16.8 Å². The number of nitrogens with zero attached hydrogens (tertiary/aromatic N) is 3. The normalized spacial score (nSPS) is 10.8. The van der Waals surface area contributed by atoms with Crippen LogP contribution in [0.5, 0.6) is 11.5 Å². The van der Waals surface area contributed by atoms with Crippen LogP contribution in [0.25, 0.3) is 11.4 Å². The molecular formula is C26H24ClN3O3S. The highest BCUT2D eigenvalue weighted by atomic mass is 35.5. The van der Waals surface area contributed by atoms with Crippen molar-refractivity contribution in [2.45, 2.75) is 18.1 Å². The first-order valence-electron chi connectivity index (χ1n) is 10.7. The number of ketones is 1. The Bertz CT molecular complexity index is 1280. The highest BCUT2D eigenvalue weighted by Gasteiger charge is 2.19. The van der Waals surface area contributed by atoms with Gasteiger partial charge in [0.25, 0.3) is 0 Å². The van der Waals surface area contributed by atoms with Crippen LogP contribution in [0.1, 0.15) is 15.9 Å². The fourth-order valence-corrected chi connectivity index (χ4v) is 4.68. The number of rotatable bonds is 10. The summed E-state index contributed by atoms with van der Waals surface area (Å²) in [6.07, 6.45) is 0.802. The number of carbonyl (C=O) groups excluding carboxylic acids is 1. The average molecular weight is 494 g/mol. The molecule has 0 aliphatic rings. The molecule has 6 nitrogen and oxygen atoms in total. The zero-order chi connectivity index (χ0) is 23.9. The number of aryl methyl sites for hydroxylation is 1. The molecule has 0 saturated carbocycles. The number of halogens is 1. The number of para-hydroxylation sites is 1. The molecule has 0 unspecified atom stereocenters. The molecule has 0 atom stereocenters. The van der Waals surface area contributed by atoms with E-state index in [9.17, 15) is 4.79 Å². The molecule has 0 radical (unpaired) electrons. The van der Waals surface area contributed by atoms with Crippen LogP contribution in [0.4, 0.5) is 0 Å². The Morgan fingerprint density at radius 1 is 0.941 bits per heavy atom. The van der Waals surface area contributed by atoms with Crippen molar-refractivity contribution in [2.24, 2.45) is 0 Å². The van der Waals surface area contributed by atoms with E-state index in [-0.39, 0.29) is 11.5 Å². The molecule has 0 aliphatic heterocycles. The summed E-state index contributed by atoms with van der Waals surface area (Å²) < 4.78 is 12.8. The molecule has 0 amide bonds. The number of hydrogen-bond acceptors (Lipinski definition) is 6. The molecule has 174 valence electrons. The Labute approximate surface area is 207 Å². The lowest BCUT2D eigenvalue weighted by molar-refractivity contribution is 0.102. The van der Waals surface area contributed by atoms with Crippen LogP contribution in [0.3, 0.4) is 0 Å². The summed E-state index contributed by atoms with van der Waals surface area (Å²) in [5, 5.41) is 9.95. The number of thioether (sulfide) groups is 1. The van der Waals surface area contributed by atoms with E-state index in [1.54, 1.807) is 32.4 Å². The van der Waals surface area contributed by atoms with Crippen LogP contribution in [-0.4, -0.2) is 40.5 Å². The zero-order valence-electron chi connectivity index (χ0n) is 18.9. The fraction of sp³-hybridized carbons (Fsp3) is 0.192. The Balaban J connectivity index is 1.59. The molecule has 0 N–H and O–H groups in total. The van der Waals surface area contributed by atoms with Crippen molar-refractivity contribution in [1.29, 1.82) is 0 Å². The van der Waals surface area contributed by atoms with Crippen molar-refractivity contribution >= 4 is 29.1 Å². The first-order valence-corrected chi connectivity index (χ1v) is 12.1. The molecule has 3 aromatic carbocycles. The maximum atomic E-state index is 12.8. The van der Waals surface area contributed by atoms with Gasteiger partial charge in [-0.1, -0.05) is 65.8 Å². The smallest absolute Gasteiger partial charge is 0.191 e. The van der Waals surface area contributed by atoms with Gasteiger partial charge in [-0.15, -0.1) is 10.2 Å². The quantitative estimate of drug-likeness (QED) is 0.204. The van der Waals surface area contributed by atoms with Crippen molar-refractivity contribution in [1.82, 2.24) is 14.8 Å². The molecule has 8 heteroatoms. The minimum atomic E-state index is -0.0500. The monoisotopic (exact) mass is 493 g/mol. The maximum Gasteiger partial charge on any atom is 0.191 e. The number of ether oxygens (including phenoxy) is 2. The van der Waals surface area contributed by atoms with E-state index in [0.717, 1.165) is 17.7 Å². The molecule has 1 heterocycles. The summed E-state index contributed by atoms with van der Waals surface area (Å²) in [6.45, 7) is 0.662. The van der Waals surface area contributed by atoms with Crippen molar-refractivity contribution in [3.05, 3.63) is 88.9 Å². The highest BCUT2D eigenvalue weighted by molar-refractivity contribution is 7.99. The van der Waals surface area contributed by atoms with Gasteiger partial charge in [-0.25, -0.2) is 0 Å². The number of methoxy groups -OCH3 is 2. The first kappa shape index (κ1) is 23.9. The van der Waals surface area contributed by atoms with Crippen molar-refractivity contribution in [3.63, 3.8) is 0 Å². The summed E-state index contributed by atoms with van der Waals surface area (Å²) in [5.74, 6) is 2.11. The summed E-state index contributed by atoms with van der Waals surface area (Å²) in [4.78, 5) is 12.8. The Morgan fingerprint density at radius 3 is 2.41 bits per heavy atom. The Morgan fingerprint density at radius 2 is 1.68 bits per heavy atom. The molecule has 0 spiro atoms. The lowest BCUT2D eigenvalue weighted by atomic mass is 10.1. The van der Waals surface area contributed by atoms with E-state index in [1.165, 1.54) is 17.3 Å². The van der Waals surface area contributed by atoms with Gasteiger partial charge in [-0.05, 0) is 42.3 Å². The van der Waals surface area contributed by atoms with Crippen molar-refractivity contribution in [3.8, 4) is 22.9 Å². The minimum Gasteiger partial charge on any atom is -0.496 e. The van der Waals surface area contributed by atoms with E-state index in [1.807, 2.05) is 47.0 Å². The van der Waals surface area contributed by atoms with Crippen molar-refractivity contribution < 1.29 is 14.3 Å². The molecule has 0 aliphatic carbocycles. The minimum absolute atomic E-state index is 0.0500. The molecule has 1 aromatic heterocycles. The van der Waals surface area contributed by atoms with Crippen LogP contribution < -0.4 is 9.47 Å². The third-order valence-electron chi connectivity index (χ3n) is 5.34. The number of benzene rings is 3. The third-order valence-corrected chi connectivity index (χ3v) is 6.60. The number of aromatic nitrogens is 3. The lowest BCUT2D eigenvalue weighted by Gasteiger charge is -2.12. The highest BCUT2D eigenvalue weighted by Crippen LogP contribution is 2.32. The SMILES string of the molecule is COc1ccc(C(=O)CSc2nnc(-c3ccccc3OC)n2CCc2ccccc2)cc1Cl. The predicted molar refractivity (Wildman–Crippen MR) is 135 cm³/mol. The molecule has 0 saturated heterocycles. The summed E-state index contributed by atoms with van der Waals surface area (Å²) >= 11 is 7.55. The van der Waals surface area contributed by atoms with Crippen molar-refractivity contribution in [2.75, 3.05) is 20.0 Å². The first-order chi connectivity index (χ1) is 16.6. The molecule has 34 heavy (non-hydrogen) atoms. The number of hydrogen-bond donors (Lipinski definition) is 0. The second kappa shape index (κ2) is 11.2. The summed E-state index contributed by atoms with van der Waals surface area (Å²) in [7, 11) is 3.18. The van der Waals surface area contributed by atoms with E-state index < -0.39 is 0 Å². The summed E-state index contributed by atoms with van der Waals surface area (Å²) in [6, 6.07) is 23.0. The van der Waals surface area contributed by atoms with Gasteiger partial charge >= 0.3 is 0 Å². The number of Topliss-reactive ketones (excluding diaryl/α,β-unsaturated/α-hetero) is 1. The van der Waals surface area contributed by atoms with Crippen LogP contribution >= 0.6 is 23.4 Å². The maximum absolute atomic E-state index is 12.8. The largest absolute Gasteiger partial charge is 0.496 e. The van der Waals surface area contributed by atoms with Gasteiger partial charge in [-0.3, -0.25) is 4.79 Å². The second-order valence-electron chi connectivity index (χ2n) is 7.45. The van der Waals surface area contributed by atoms with Gasteiger partial charge in [0, 0.05) is 12.1 Å². The third kappa shape index (κ3) is 5.43. The summed E-state index contributed by atoms with van der Waals surface area (Å²) in [5.41, 5.74) is 2.59. The Hall–Kier alpha value is -3.29. The lowest BCUT2D eigenvalue weighted by Crippen LogP contribution is -2.08. The Kier molecular flexibility index (Phi) is 7.87. The van der Waals surface area contributed by atoms with E-state index in [4.69, 9.17) is 21.1 Å².